The molecule has 0 aliphatic rings. The highest BCUT2D eigenvalue weighted by atomic mass is 16.5. The molecule has 0 saturated heterocycles. The van der Waals surface area contributed by atoms with Crippen LogP contribution in [0.15, 0.2) is 30.3 Å². The molecular formula is C17H24O4. The number of hydrogen-bond donors (Lipinski definition) is 2. The van der Waals surface area contributed by atoms with Gasteiger partial charge in [-0.15, -0.1) is 0 Å². The highest BCUT2D eigenvalue weighted by Crippen LogP contribution is 2.14. The van der Waals surface area contributed by atoms with E-state index >= 15 is 0 Å². The maximum atomic E-state index is 10.4. The number of carboxylic acid groups (broad SMARTS) is 1. The summed E-state index contributed by atoms with van der Waals surface area (Å²) in [5.41, 5.74) is 0.841. The molecule has 0 fully saturated rings. The molecule has 116 valence electrons. The average molecular weight is 292 g/mol. The van der Waals surface area contributed by atoms with Crippen molar-refractivity contribution < 1.29 is 19.7 Å². The maximum Gasteiger partial charge on any atom is 0.328 e. The Hall–Kier alpha value is -1.81. The Morgan fingerprint density at radius 1 is 1.00 bits per heavy atom. The van der Waals surface area contributed by atoms with Gasteiger partial charge >= 0.3 is 5.97 Å². The minimum Gasteiger partial charge on any atom is -0.494 e. The van der Waals surface area contributed by atoms with Gasteiger partial charge in [-0.25, -0.2) is 4.79 Å². The van der Waals surface area contributed by atoms with Crippen LogP contribution in [0.3, 0.4) is 0 Å². The second kappa shape index (κ2) is 10.9. The first-order valence-electron chi connectivity index (χ1n) is 7.47. The Morgan fingerprint density at radius 2 is 1.62 bits per heavy atom. The zero-order valence-corrected chi connectivity index (χ0v) is 12.3. The Bertz CT molecular complexity index is 423. The molecular weight excluding hydrogens is 268 g/mol. The van der Waals surface area contributed by atoms with Crippen molar-refractivity contribution in [2.45, 2.75) is 38.5 Å². The van der Waals surface area contributed by atoms with Crippen LogP contribution in [0.25, 0.3) is 6.08 Å². The van der Waals surface area contributed by atoms with Gasteiger partial charge in [-0.1, -0.05) is 37.8 Å². The van der Waals surface area contributed by atoms with Crippen molar-refractivity contribution in [3.05, 3.63) is 35.9 Å². The number of rotatable bonds is 11. The zero-order chi connectivity index (χ0) is 15.3. The Labute approximate surface area is 126 Å². The summed E-state index contributed by atoms with van der Waals surface area (Å²) < 4.78 is 5.63. The molecule has 4 heteroatoms. The molecule has 0 radical (unpaired) electrons. The molecule has 0 spiro atoms. The van der Waals surface area contributed by atoms with Gasteiger partial charge in [0.25, 0.3) is 0 Å². The summed E-state index contributed by atoms with van der Waals surface area (Å²) in [4.78, 5) is 10.4. The first-order valence-corrected chi connectivity index (χ1v) is 7.47. The third-order valence-electron chi connectivity index (χ3n) is 3.12. The predicted molar refractivity (Wildman–Crippen MR) is 83.4 cm³/mol. The normalized spacial score (nSPS) is 10.9. The summed E-state index contributed by atoms with van der Waals surface area (Å²) in [7, 11) is 0. The van der Waals surface area contributed by atoms with Gasteiger partial charge < -0.3 is 14.9 Å². The van der Waals surface area contributed by atoms with Gasteiger partial charge in [0.2, 0.25) is 0 Å². The second-order valence-corrected chi connectivity index (χ2v) is 4.93. The molecule has 0 aliphatic carbocycles. The van der Waals surface area contributed by atoms with Crippen LogP contribution in [0, 0.1) is 0 Å². The van der Waals surface area contributed by atoms with Crippen molar-refractivity contribution >= 4 is 12.0 Å². The minimum atomic E-state index is -0.950. The lowest BCUT2D eigenvalue weighted by molar-refractivity contribution is -0.131. The SMILES string of the molecule is O=C(O)C=Cc1ccc(OCCCCCCCCO)cc1. The monoisotopic (exact) mass is 292 g/mol. The van der Waals surface area contributed by atoms with Gasteiger partial charge in [-0.3, -0.25) is 0 Å². The first-order chi connectivity index (χ1) is 10.2. The van der Waals surface area contributed by atoms with Crippen molar-refractivity contribution in [3.63, 3.8) is 0 Å². The molecule has 2 N–H and O–H groups in total. The van der Waals surface area contributed by atoms with Crippen LogP contribution >= 0.6 is 0 Å². The van der Waals surface area contributed by atoms with Crippen molar-refractivity contribution in [3.8, 4) is 5.75 Å². The number of benzene rings is 1. The van der Waals surface area contributed by atoms with E-state index in [0.717, 1.165) is 43.1 Å². The highest BCUT2D eigenvalue weighted by molar-refractivity contribution is 5.85. The number of unbranched alkanes of at least 4 members (excludes halogenated alkanes) is 5. The molecule has 0 amide bonds. The highest BCUT2D eigenvalue weighted by Gasteiger charge is 1.95. The molecule has 0 bridgehead atoms. The number of hydrogen-bond acceptors (Lipinski definition) is 3. The van der Waals surface area contributed by atoms with E-state index in [0.29, 0.717) is 13.2 Å². The number of carboxylic acids is 1. The summed E-state index contributed by atoms with van der Waals surface area (Å²) in [6.45, 7) is 0.991. The molecule has 0 atom stereocenters. The van der Waals surface area contributed by atoms with Crippen LogP contribution in [0.1, 0.15) is 44.1 Å². The van der Waals surface area contributed by atoms with Crippen LogP contribution in [0.5, 0.6) is 5.75 Å². The lowest BCUT2D eigenvalue weighted by Gasteiger charge is -2.06. The van der Waals surface area contributed by atoms with Crippen LogP contribution in [0.2, 0.25) is 0 Å². The number of aliphatic hydroxyl groups is 1. The number of carbonyl (C=O) groups is 1. The molecule has 0 aliphatic heterocycles. The Balaban J connectivity index is 2.14. The number of aliphatic hydroxyl groups excluding tert-OH is 1. The standard InChI is InChI=1S/C17H24O4/c18-13-5-3-1-2-4-6-14-21-16-10-7-15(8-11-16)9-12-17(19)20/h7-12,18H,1-6,13-14H2,(H,19,20). The lowest BCUT2D eigenvalue weighted by Crippen LogP contribution is -1.97. The van der Waals surface area contributed by atoms with Gasteiger partial charge in [0.05, 0.1) is 6.61 Å². The van der Waals surface area contributed by atoms with E-state index in [-0.39, 0.29) is 0 Å². The summed E-state index contributed by atoms with van der Waals surface area (Å²) >= 11 is 0. The maximum absolute atomic E-state index is 10.4. The number of aliphatic carboxylic acids is 1. The lowest BCUT2D eigenvalue weighted by atomic mass is 10.1. The fourth-order valence-electron chi connectivity index (χ4n) is 1.95. The van der Waals surface area contributed by atoms with Crippen LogP contribution in [-0.2, 0) is 4.79 Å². The van der Waals surface area contributed by atoms with Crippen LogP contribution < -0.4 is 4.74 Å². The van der Waals surface area contributed by atoms with E-state index < -0.39 is 5.97 Å². The summed E-state index contributed by atoms with van der Waals surface area (Å²) in [5.74, 6) is -0.142. The summed E-state index contributed by atoms with van der Waals surface area (Å²) in [6.07, 6.45) is 9.20. The summed E-state index contributed by atoms with van der Waals surface area (Å²) in [6, 6.07) is 7.37. The van der Waals surface area contributed by atoms with Gasteiger partial charge in [-0.2, -0.15) is 0 Å². The quantitative estimate of drug-likeness (QED) is 0.484. The number of ether oxygens (including phenoxy) is 1. The molecule has 4 nitrogen and oxygen atoms in total. The van der Waals surface area contributed by atoms with Crippen molar-refractivity contribution in [1.82, 2.24) is 0 Å². The smallest absolute Gasteiger partial charge is 0.328 e. The largest absolute Gasteiger partial charge is 0.494 e. The molecule has 0 unspecified atom stereocenters. The van der Waals surface area contributed by atoms with Crippen molar-refractivity contribution in [2.24, 2.45) is 0 Å². The molecule has 0 aromatic heterocycles. The predicted octanol–water partition coefficient (Wildman–Crippen LogP) is 3.50. The summed E-state index contributed by atoms with van der Waals surface area (Å²) in [5, 5.41) is 17.2. The zero-order valence-electron chi connectivity index (χ0n) is 12.3. The second-order valence-electron chi connectivity index (χ2n) is 4.93. The Morgan fingerprint density at radius 3 is 2.24 bits per heavy atom. The van der Waals surface area contributed by atoms with Crippen LogP contribution in [-0.4, -0.2) is 29.4 Å². The van der Waals surface area contributed by atoms with Crippen molar-refractivity contribution in [2.75, 3.05) is 13.2 Å². The van der Waals surface area contributed by atoms with Gasteiger partial charge in [0.15, 0.2) is 0 Å². The van der Waals surface area contributed by atoms with E-state index in [4.69, 9.17) is 14.9 Å². The van der Waals surface area contributed by atoms with E-state index in [2.05, 4.69) is 0 Å². The fourth-order valence-corrected chi connectivity index (χ4v) is 1.95. The molecule has 1 aromatic carbocycles. The van der Waals surface area contributed by atoms with E-state index in [1.807, 2.05) is 24.3 Å². The van der Waals surface area contributed by atoms with E-state index in [9.17, 15) is 4.79 Å². The third-order valence-corrected chi connectivity index (χ3v) is 3.12. The molecule has 1 rings (SSSR count). The van der Waals surface area contributed by atoms with E-state index in [1.165, 1.54) is 12.8 Å². The molecule has 21 heavy (non-hydrogen) atoms. The molecule has 0 heterocycles. The van der Waals surface area contributed by atoms with Crippen LogP contribution in [0.4, 0.5) is 0 Å². The van der Waals surface area contributed by atoms with Gasteiger partial charge in [0.1, 0.15) is 5.75 Å². The minimum absolute atomic E-state index is 0.292. The van der Waals surface area contributed by atoms with Gasteiger partial charge in [-0.05, 0) is 36.6 Å². The topological polar surface area (TPSA) is 66.8 Å². The first kappa shape index (κ1) is 17.2. The third kappa shape index (κ3) is 8.87. The van der Waals surface area contributed by atoms with Crippen molar-refractivity contribution in [1.29, 1.82) is 0 Å². The fraction of sp³-hybridized carbons (Fsp3) is 0.471. The van der Waals surface area contributed by atoms with E-state index in [1.54, 1.807) is 6.08 Å². The average Bonchev–Trinajstić information content (AvgIpc) is 2.49. The molecule has 1 aromatic rings. The van der Waals surface area contributed by atoms with Gasteiger partial charge in [0, 0.05) is 12.7 Å². The molecule has 0 saturated carbocycles. The Kier molecular flexibility index (Phi) is 8.96.